The Kier molecular flexibility index (Phi) is 5.35. The van der Waals surface area contributed by atoms with Gasteiger partial charge < -0.3 is 15.4 Å². The van der Waals surface area contributed by atoms with Crippen LogP contribution in [0.2, 0.25) is 0 Å². The van der Waals surface area contributed by atoms with E-state index in [-0.39, 0.29) is 17.7 Å². The fourth-order valence-corrected chi connectivity index (χ4v) is 6.53. The summed E-state index contributed by atoms with van der Waals surface area (Å²) >= 11 is 0. The molecule has 2 fully saturated rings. The summed E-state index contributed by atoms with van der Waals surface area (Å²) in [7, 11) is 0. The minimum absolute atomic E-state index is 0.246. The highest BCUT2D eigenvalue weighted by molar-refractivity contribution is 6.11. The number of nitrogens with zero attached hydrogens (tertiary/aromatic N) is 1. The zero-order chi connectivity index (χ0) is 26.1. The maximum atomic E-state index is 14.2. The quantitative estimate of drug-likeness (QED) is 0.628. The van der Waals surface area contributed by atoms with Crippen LogP contribution in [0.15, 0.2) is 54.6 Å². The molecule has 2 bridgehead atoms. The molecule has 2 saturated heterocycles. The molecule has 3 amide bonds. The molecule has 6 rings (SSSR count). The highest BCUT2D eigenvalue weighted by atomic mass is 16.5. The summed E-state index contributed by atoms with van der Waals surface area (Å²) in [4.78, 5) is 43.3. The molecule has 3 aliphatic heterocycles. The molecule has 1 spiro atoms. The number of fused-ring (bicyclic) bond motifs is 2. The van der Waals surface area contributed by atoms with Gasteiger partial charge in [0.2, 0.25) is 17.7 Å². The van der Waals surface area contributed by atoms with Crippen molar-refractivity contribution in [2.45, 2.75) is 70.2 Å². The van der Waals surface area contributed by atoms with Gasteiger partial charge in [0.05, 0.1) is 17.9 Å². The summed E-state index contributed by atoms with van der Waals surface area (Å²) in [5.41, 5.74) is 3.12. The Morgan fingerprint density at radius 1 is 1.05 bits per heavy atom. The van der Waals surface area contributed by atoms with E-state index in [0.29, 0.717) is 11.4 Å². The van der Waals surface area contributed by atoms with Crippen LogP contribution in [0, 0.1) is 18.8 Å². The normalized spacial score (nSPS) is 29.4. The lowest BCUT2D eigenvalue weighted by Crippen LogP contribution is -2.58. The Morgan fingerprint density at radius 3 is 2.57 bits per heavy atom. The molecule has 4 aliphatic rings. The zero-order valence-electron chi connectivity index (χ0n) is 21.7. The molecule has 37 heavy (non-hydrogen) atoms. The number of benzene rings is 2. The molecule has 5 atom stereocenters. The van der Waals surface area contributed by atoms with Gasteiger partial charge in [0.15, 0.2) is 0 Å². The van der Waals surface area contributed by atoms with Gasteiger partial charge in [-0.05, 0) is 81.8 Å². The van der Waals surface area contributed by atoms with Crippen molar-refractivity contribution in [3.8, 4) is 0 Å². The van der Waals surface area contributed by atoms with Crippen molar-refractivity contribution < 1.29 is 19.1 Å². The first kappa shape index (κ1) is 23.9. The van der Waals surface area contributed by atoms with Crippen LogP contribution in [0.4, 0.5) is 11.4 Å². The standard InChI is InChI=1S/C30H33N3O4/c1-17-8-5-6-11-21(17)31-26(34)23-22-14-15-30(37-22)24(23)28(36)33(25(30)27(35)32-29(2,3)4)20-13-12-18-9-7-10-19(18)16-20/h5-6,8,11-16,22-25H,7,9-10H2,1-4H3,(H,31,34)(H,32,35)/t22-,23-,24-,25+,30-/m0/s1. The van der Waals surface area contributed by atoms with Gasteiger partial charge in [-0.3, -0.25) is 19.3 Å². The number of aryl methyl sites for hydroxylation is 3. The predicted octanol–water partition coefficient (Wildman–Crippen LogP) is 3.69. The Labute approximate surface area is 217 Å². The van der Waals surface area contributed by atoms with E-state index in [2.05, 4.69) is 16.7 Å². The number of amides is 3. The third kappa shape index (κ3) is 3.71. The van der Waals surface area contributed by atoms with E-state index in [4.69, 9.17) is 4.74 Å². The fourth-order valence-electron chi connectivity index (χ4n) is 6.53. The van der Waals surface area contributed by atoms with Crippen molar-refractivity contribution in [3.63, 3.8) is 0 Å². The molecular formula is C30H33N3O4. The number of carbonyl (C=O) groups is 3. The lowest BCUT2D eigenvalue weighted by molar-refractivity contribution is -0.129. The maximum Gasteiger partial charge on any atom is 0.246 e. The molecule has 0 aromatic heterocycles. The first-order valence-corrected chi connectivity index (χ1v) is 13.1. The molecule has 2 N–H and O–H groups in total. The topological polar surface area (TPSA) is 87.7 Å². The third-order valence-corrected chi connectivity index (χ3v) is 8.09. The van der Waals surface area contributed by atoms with Crippen LogP contribution in [0.3, 0.4) is 0 Å². The zero-order valence-corrected chi connectivity index (χ0v) is 21.7. The number of carbonyl (C=O) groups excluding carboxylic acids is 3. The van der Waals surface area contributed by atoms with Crippen LogP contribution in [0.1, 0.15) is 43.9 Å². The SMILES string of the molecule is Cc1ccccc1NC(=O)[C@H]1[C@@H]2C=C[C@]3(O2)[C@@H]1C(=O)N(c1ccc2c(c1)CCC2)[C@@H]3C(=O)NC(C)(C)C. The van der Waals surface area contributed by atoms with E-state index >= 15 is 0 Å². The van der Waals surface area contributed by atoms with Crippen LogP contribution in [0.25, 0.3) is 0 Å². The highest BCUT2D eigenvalue weighted by Crippen LogP contribution is 2.56. The Balaban J connectivity index is 1.41. The number of rotatable bonds is 4. The molecule has 3 heterocycles. The summed E-state index contributed by atoms with van der Waals surface area (Å²) in [5, 5.41) is 6.08. The monoisotopic (exact) mass is 499 g/mol. The molecule has 0 saturated carbocycles. The van der Waals surface area contributed by atoms with Crippen LogP contribution in [0.5, 0.6) is 0 Å². The molecule has 2 aromatic rings. The lowest BCUT2D eigenvalue weighted by atomic mass is 9.74. The van der Waals surface area contributed by atoms with Crippen LogP contribution < -0.4 is 15.5 Å². The summed E-state index contributed by atoms with van der Waals surface area (Å²) in [5.74, 6) is -2.33. The van der Waals surface area contributed by atoms with Gasteiger partial charge in [0, 0.05) is 16.9 Å². The fraction of sp³-hybridized carbons (Fsp3) is 0.433. The van der Waals surface area contributed by atoms with Crippen molar-refractivity contribution in [2.75, 3.05) is 10.2 Å². The number of hydrogen-bond acceptors (Lipinski definition) is 4. The molecule has 7 nitrogen and oxygen atoms in total. The average Bonchev–Trinajstić information content (AvgIpc) is 3.59. The average molecular weight is 500 g/mol. The van der Waals surface area contributed by atoms with Crippen molar-refractivity contribution in [2.24, 2.45) is 11.8 Å². The van der Waals surface area contributed by atoms with Gasteiger partial charge in [-0.15, -0.1) is 0 Å². The van der Waals surface area contributed by atoms with Gasteiger partial charge in [0.1, 0.15) is 11.6 Å². The molecule has 0 unspecified atom stereocenters. The highest BCUT2D eigenvalue weighted by Gasteiger charge is 2.73. The Bertz CT molecular complexity index is 1340. The van der Waals surface area contributed by atoms with Gasteiger partial charge in [-0.2, -0.15) is 0 Å². The molecule has 192 valence electrons. The van der Waals surface area contributed by atoms with E-state index in [1.807, 2.05) is 76.2 Å². The number of para-hydroxylation sites is 1. The second-order valence-electron chi connectivity index (χ2n) is 11.8. The largest absolute Gasteiger partial charge is 0.359 e. The smallest absolute Gasteiger partial charge is 0.246 e. The summed E-state index contributed by atoms with van der Waals surface area (Å²) in [6.45, 7) is 7.67. The molecular weight excluding hydrogens is 466 g/mol. The number of ether oxygens (including phenoxy) is 1. The van der Waals surface area contributed by atoms with E-state index in [0.717, 1.165) is 24.8 Å². The summed E-state index contributed by atoms with van der Waals surface area (Å²) in [6.07, 6.45) is 6.19. The molecule has 0 radical (unpaired) electrons. The van der Waals surface area contributed by atoms with E-state index in [1.54, 1.807) is 4.90 Å². The van der Waals surface area contributed by atoms with Gasteiger partial charge >= 0.3 is 0 Å². The number of hydrogen-bond donors (Lipinski definition) is 2. The van der Waals surface area contributed by atoms with Crippen LogP contribution in [-0.2, 0) is 32.0 Å². The first-order chi connectivity index (χ1) is 17.6. The summed E-state index contributed by atoms with van der Waals surface area (Å²) in [6, 6.07) is 12.7. The third-order valence-electron chi connectivity index (χ3n) is 8.09. The van der Waals surface area contributed by atoms with Crippen molar-refractivity contribution in [1.29, 1.82) is 0 Å². The predicted molar refractivity (Wildman–Crippen MR) is 141 cm³/mol. The second-order valence-corrected chi connectivity index (χ2v) is 11.8. The van der Waals surface area contributed by atoms with Crippen molar-refractivity contribution in [1.82, 2.24) is 5.32 Å². The first-order valence-electron chi connectivity index (χ1n) is 13.1. The van der Waals surface area contributed by atoms with Crippen molar-refractivity contribution in [3.05, 3.63) is 71.3 Å². The lowest BCUT2D eigenvalue weighted by Gasteiger charge is -2.34. The minimum atomic E-state index is -1.20. The van der Waals surface area contributed by atoms with E-state index < -0.39 is 35.1 Å². The Morgan fingerprint density at radius 2 is 1.81 bits per heavy atom. The molecule has 7 heteroatoms. The van der Waals surface area contributed by atoms with Crippen LogP contribution >= 0.6 is 0 Å². The van der Waals surface area contributed by atoms with Gasteiger partial charge in [-0.25, -0.2) is 0 Å². The maximum absolute atomic E-state index is 14.2. The second kappa shape index (κ2) is 8.28. The van der Waals surface area contributed by atoms with E-state index in [1.165, 1.54) is 11.1 Å². The molecule has 1 aliphatic carbocycles. The van der Waals surface area contributed by atoms with Crippen LogP contribution in [-0.4, -0.2) is 41.0 Å². The Hall–Kier alpha value is -3.45. The molecule has 2 aromatic carbocycles. The number of anilines is 2. The summed E-state index contributed by atoms with van der Waals surface area (Å²) < 4.78 is 6.45. The van der Waals surface area contributed by atoms with E-state index in [9.17, 15) is 14.4 Å². The number of nitrogens with one attached hydrogen (secondary N) is 2. The van der Waals surface area contributed by atoms with Gasteiger partial charge in [-0.1, -0.05) is 36.4 Å². The van der Waals surface area contributed by atoms with Gasteiger partial charge in [0.25, 0.3) is 0 Å². The van der Waals surface area contributed by atoms with Crippen molar-refractivity contribution >= 4 is 29.1 Å². The minimum Gasteiger partial charge on any atom is -0.359 e.